The van der Waals surface area contributed by atoms with Crippen molar-refractivity contribution >= 4 is 28.8 Å². The minimum atomic E-state index is 0.0329. The molecule has 2 N–H and O–H groups in total. The predicted molar refractivity (Wildman–Crippen MR) is 81.7 cm³/mol. The van der Waals surface area contributed by atoms with Gasteiger partial charge in [-0.05, 0) is 23.8 Å². The molecule has 0 unspecified atom stereocenters. The van der Waals surface area contributed by atoms with Crippen LogP contribution >= 0.6 is 22.9 Å². The van der Waals surface area contributed by atoms with Crippen molar-refractivity contribution in [2.75, 3.05) is 6.54 Å². The molecule has 0 spiro atoms. The monoisotopic (exact) mass is 309 g/mol. The average molecular weight is 310 g/mol. The van der Waals surface area contributed by atoms with Crippen LogP contribution in [0.5, 0.6) is 0 Å². The summed E-state index contributed by atoms with van der Waals surface area (Å²) in [5.41, 5.74) is 1.00. The van der Waals surface area contributed by atoms with Crippen LogP contribution in [-0.4, -0.2) is 17.4 Å². The minimum absolute atomic E-state index is 0.0329. The highest BCUT2D eigenvalue weighted by molar-refractivity contribution is 7.16. The van der Waals surface area contributed by atoms with Crippen molar-refractivity contribution in [3.05, 3.63) is 51.4 Å². The molecule has 0 bridgehead atoms. The number of rotatable bonds is 7. The first-order valence-corrected chi connectivity index (χ1v) is 7.54. The molecule has 0 radical (unpaired) electrons. The van der Waals surface area contributed by atoms with E-state index < -0.39 is 0 Å². The molecule has 0 atom stereocenters. The molecular formula is C14H16ClN3OS. The van der Waals surface area contributed by atoms with Gasteiger partial charge in [0.15, 0.2) is 0 Å². The summed E-state index contributed by atoms with van der Waals surface area (Å²) in [5, 5.41) is 6.09. The van der Waals surface area contributed by atoms with E-state index >= 15 is 0 Å². The van der Waals surface area contributed by atoms with Crippen molar-refractivity contribution in [3.63, 3.8) is 0 Å². The first kappa shape index (κ1) is 15.0. The van der Waals surface area contributed by atoms with Gasteiger partial charge in [-0.1, -0.05) is 17.7 Å². The van der Waals surface area contributed by atoms with E-state index in [1.807, 2.05) is 24.3 Å². The van der Waals surface area contributed by atoms with E-state index in [0.29, 0.717) is 19.5 Å². The molecule has 0 saturated carbocycles. The normalized spacial score (nSPS) is 10.4. The quantitative estimate of drug-likeness (QED) is 0.773. The Hall–Kier alpha value is -1.43. The fraction of sp³-hybridized carbons (Fsp3) is 0.286. The van der Waals surface area contributed by atoms with Crippen molar-refractivity contribution in [3.8, 4) is 0 Å². The standard InChI is InChI=1S/C14H16ClN3OS/c15-13-4-3-12(20-13)10-17-7-5-14(19)18-9-11-2-1-6-16-8-11/h1-4,6,8,17H,5,7,9-10H2,(H,18,19). The topological polar surface area (TPSA) is 54.0 Å². The lowest BCUT2D eigenvalue weighted by atomic mass is 10.3. The predicted octanol–water partition coefficient (Wildman–Crippen LogP) is 2.59. The van der Waals surface area contributed by atoms with Crippen LogP contribution in [0.4, 0.5) is 0 Å². The molecule has 0 fully saturated rings. The van der Waals surface area contributed by atoms with Gasteiger partial charge in [0.25, 0.3) is 0 Å². The van der Waals surface area contributed by atoms with Crippen LogP contribution in [0.15, 0.2) is 36.7 Å². The number of hydrogen-bond donors (Lipinski definition) is 2. The summed E-state index contributed by atoms with van der Waals surface area (Å²) in [4.78, 5) is 16.8. The second-order valence-electron chi connectivity index (χ2n) is 4.27. The number of carbonyl (C=O) groups excluding carboxylic acids is 1. The Morgan fingerprint density at radius 2 is 2.20 bits per heavy atom. The van der Waals surface area contributed by atoms with Gasteiger partial charge < -0.3 is 10.6 Å². The summed E-state index contributed by atoms with van der Waals surface area (Å²) >= 11 is 7.39. The van der Waals surface area contributed by atoms with Gasteiger partial charge in [0.1, 0.15) is 0 Å². The van der Waals surface area contributed by atoms with Gasteiger partial charge in [0, 0.05) is 43.3 Å². The number of hydrogen-bond acceptors (Lipinski definition) is 4. The summed E-state index contributed by atoms with van der Waals surface area (Å²) in [5.74, 6) is 0.0329. The molecule has 0 aliphatic heterocycles. The second kappa shape index (κ2) is 7.99. The van der Waals surface area contributed by atoms with Crippen LogP contribution < -0.4 is 10.6 Å². The van der Waals surface area contributed by atoms with E-state index in [9.17, 15) is 4.79 Å². The fourth-order valence-electron chi connectivity index (χ4n) is 1.65. The molecule has 1 amide bonds. The number of carbonyl (C=O) groups is 1. The highest BCUT2D eigenvalue weighted by atomic mass is 35.5. The van der Waals surface area contributed by atoms with E-state index in [1.54, 1.807) is 23.7 Å². The first-order valence-electron chi connectivity index (χ1n) is 6.34. The Morgan fingerprint density at radius 1 is 1.30 bits per heavy atom. The van der Waals surface area contributed by atoms with Crippen molar-refractivity contribution in [1.29, 1.82) is 0 Å². The number of nitrogens with zero attached hydrogens (tertiary/aromatic N) is 1. The Bertz CT molecular complexity index is 544. The van der Waals surface area contributed by atoms with Crippen LogP contribution in [0.2, 0.25) is 4.34 Å². The number of aromatic nitrogens is 1. The van der Waals surface area contributed by atoms with Gasteiger partial charge in [-0.2, -0.15) is 0 Å². The molecule has 0 saturated heterocycles. The van der Waals surface area contributed by atoms with Crippen LogP contribution in [0, 0.1) is 0 Å². The maximum absolute atomic E-state index is 11.6. The Labute approximate surface area is 127 Å². The largest absolute Gasteiger partial charge is 0.352 e. The summed E-state index contributed by atoms with van der Waals surface area (Å²) in [6.07, 6.45) is 3.92. The molecule has 4 nitrogen and oxygen atoms in total. The Morgan fingerprint density at radius 3 is 2.90 bits per heavy atom. The third-order valence-electron chi connectivity index (χ3n) is 2.67. The third kappa shape index (κ3) is 5.28. The molecule has 0 aliphatic carbocycles. The number of nitrogens with one attached hydrogen (secondary N) is 2. The smallest absolute Gasteiger partial charge is 0.221 e. The second-order valence-corrected chi connectivity index (χ2v) is 6.07. The van der Waals surface area contributed by atoms with Gasteiger partial charge in [-0.15, -0.1) is 11.3 Å². The lowest BCUT2D eigenvalue weighted by Gasteiger charge is -2.05. The van der Waals surface area contributed by atoms with Crippen LogP contribution in [0.25, 0.3) is 0 Å². The molecule has 0 aromatic carbocycles. The zero-order valence-electron chi connectivity index (χ0n) is 10.9. The summed E-state index contributed by atoms with van der Waals surface area (Å²) < 4.78 is 0.788. The van der Waals surface area contributed by atoms with Gasteiger partial charge in [0.05, 0.1) is 4.34 Å². The molecular weight excluding hydrogens is 294 g/mol. The number of thiophene rings is 1. The van der Waals surface area contributed by atoms with E-state index in [2.05, 4.69) is 15.6 Å². The highest BCUT2D eigenvalue weighted by Crippen LogP contribution is 2.20. The van der Waals surface area contributed by atoms with Crippen molar-refractivity contribution in [2.45, 2.75) is 19.5 Å². The Balaban J connectivity index is 1.58. The van der Waals surface area contributed by atoms with Gasteiger partial charge in [-0.3, -0.25) is 9.78 Å². The molecule has 20 heavy (non-hydrogen) atoms. The first-order chi connectivity index (χ1) is 9.74. The van der Waals surface area contributed by atoms with Crippen LogP contribution in [0.3, 0.4) is 0 Å². The van der Waals surface area contributed by atoms with Gasteiger partial charge in [-0.25, -0.2) is 0 Å². The lowest BCUT2D eigenvalue weighted by molar-refractivity contribution is -0.121. The molecule has 106 valence electrons. The Kier molecular flexibility index (Phi) is 5.98. The maximum atomic E-state index is 11.6. The van der Waals surface area contributed by atoms with E-state index in [-0.39, 0.29) is 5.91 Å². The number of amides is 1. The zero-order chi connectivity index (χ0) is 14.2. The molecule has 2 aromatic heterocycles. The highest BCUT2D eigenvalue weighted by Gasteiger charge is 2.02. The summed E-state index contributed by atoms with van der Waals surface area (Å²) in [6, 6.07) is 7.66. The SMILES string of the molecule is O=C(CCNCc1ccc(Cl)s1)NCc1cccnc1. The molecule has 0 aliphatic rings. The van der Waals surface area contributed by atoms with Gasteiger partial charge >= 0.3 is 0 Å². The molecule has 2 rings (SSSR count). The van der Waals surface area contributed by atoms with E-state index in [0.717, 1.165) is 16.4 Å². The van der Waals surface area contributed by atoms with Crippen molar-refractivity contribution in [2.24, 2.45) is 0 Å². The molecule has 6 heteroatoms. The van der Waals surface area contributed by atoms with Crippen molar-refractivity contribution < 1.29 is 4.79 Å². The average Bonchev–Trinajstić information content (AvgIpc) is 2.88. The number of pyridine rings is 1. The lowest BCUT2D eigenvalue weighted by Crippen LogP contribution is -2.27. The zero-order valence-corrected chi connectivity index (χ0v) is 12.5. The minimum Gasteiger partial charge on any atom is -0.352 e. The fourth-order valence-corrected chi connectivity index (χ4v) is 2.71. The van der Waals surface area contributed by atoms with Crippen molar-refractivity contribution in [1.82, 2.24) is 15.6 Å². The third-order valence-corrected chi connectivity index (χ3v) is 3.90. The van der Waals surface area contributed by atoms with E-state index in [4.69, 9.17) is 11.6 Å². The van der Waals surface area contributed by atoms with E-state index in [1.165, 1.54) is 4.88 Å². The van der Waals surface area contributed by atoms with Crippen LogP contribution in [-0.2, 0) is 17.9 Å². The van der Waals surface area contributed by atoms with Gasteiger partial charge in [0.2, 0.25) is 5.91 Å². The maximum Gasteiger partial charge on any atom is 0.221 e. The molecule has 2 heterocycles. The summed E-state index contributed by atoms with van der Waals surface area (Å²) in [6.45, 7) is 1.91. The summed E-state index contributed by atoms with van der Waals surface area (Å²) in [7, 11) is 0. The number of halogens is 1. The van der Waals surface area contributed by atoms with Crippen LogP contribution in [0.1, 0.15) is 16.9 Å². The molecule has 2 aromatic rings.